The Kier molecular flexibility index (Phi) is 4.88. The lowest BCUT2D eigenvalue weighted by Gasteiger charge is -2.16. The van der Waals surface area contributed by atoms with E-state index < -0.39 is 0 Å². The molecule has 1 heterocycles. The zero-order chi connectivity index (χ0) is 17.8. The first-order chi connectivity index (χ1) is 12.0. The highest BCUT2D eigenvalue weighted by Crippen LogP contribution is 2.23. The van der Waals surface area contributed by atoms with Gasteiger partial charge >= 0.3 is 0 Å². The van der Waals surface area contributed by atoms with Crippen molar-refractivity contribution in [1.29, 1.82) is 0 Å². The fraction of sp³-hybridized carbons (Fsp3) is 0.263. The summed E-state index contributed by atoms with van der Waals surface area (Å²) in [6.45, 7) is 1.12. The first kappa shape index (κ1) is 16.8. The SMILES string of the molecule is O=C(NCc1ccc(O)cc1O)C1CCN(C(=O)c2ccccc2)C1. The van der Waals surface area contributed by atoms with Crippen molar-refractivity contribution in [3.63, 3.8) is 0 Å². The highest BCUT2D eigenvalue weighted by molar-refractivity contribution is 5.95. The maximum absolute atomic E-state index is 12.4. The quantitative estimate of drug-likeness (QED) is 0.793. The van der Waals surface area contributed by atoms with Crippen LogP contribution >= 0.6 is 0 Å². The molecule has 1 saturated heterocycles. The minimum absolute atomic E-state index is 0.0292. The molecule has 2 amide bonds. The summed E-state index contributed by atoms with van der Waals surface area (Å²) in [6.07, 6.45) is 0.617. The number of nitrogens with one attached hydrogen (secondary N) is 1. The second-order valence-electron chi connectivity index (χ2n) is 6.13. The van der Waals surface area contributed by atoms with Crippen molar-refractivity contribution in [1.82, 2.24) is 10.2 Å². The summed E-state index contributed by atoms with van der Waals surface area (Å²) in [7, 11) is 0. The number of phenols is 2. The van der Waals surface area contributed by atoms with Crippen molar-refractivity contribution in [2.75, 3.05) is 13.1 Å². The first-order valence-electron chi connectivity index (χ1n) is 8.17. The molecule has 1 aliphatic heterocycles. The van der Waals surface area contributed by atoms with Gasteiger partial charge in [0.1, 0.15) is 11.5 Å². The van der Waals surface area contributed by atoms with Crippen molar-refractivity contribution in [2.24, 2.45) is 5.92 Å². The molecule has 0 saturated carbocycles. The molecule has 0 aromatic heterocycles. The molecule has 1 fully saturated rings. The van der Waals surface area contributed by atoms with Gasteiger partial charge in [0, 0.05) is 36.8 Å². The van der Waals surface area contributed by atoms with Crippen LogP contribution in [0.15, 0.2) is 48.5 Å². The van der Waals surface area contributed by atoms with Gasteiger partial charge in [-0.15, -0.1) is 0 Å². The standard InChI is InChI=1S/C19H20N2O4/c22-16-7-6-14(17(23)10-16)11-20-18(24)15-8-9-21(12-15)19(25)13-4-2-1-3-5-13/h1-7,10,15,22-23H,8-9,11-12H2,(H,20,24). The highest BCUT2D eigenvalue weighted by Gasteiger charge is 2.31. The number of aromatic hydroxyl groups is 2. The first-order valence-corrected chi connectivity index (χ1v) is 8.17. The molecule has 0 aliphatic carbocycles. The van der Waals surface area contributed by atoms with E-state index in [9.17, 15) is 19.8 Å². The molecule has 1 unspecified atom stereocenters. The lowest BCUT2D eigenvalue weighted by atomic mass is 10.1. The largest absolute Gasteiger partial charge is 0.508 e. The molecule has 130 valence electrons. The maximum Gasteiger partial charge on any atom is 0.253 e. The molecule has 6 nitrogen and oxygen atoms in total. The summed E-state index contributed by atoms with van der Waals surface area (Å²) in [4.78, 5) is 26.4. The van der Waals surface area contributed by atoms with Gasteiger partial charge in [0.15, 0.2) is 0 Å². The van der Waals surface area contributed by atoms with Crippen LogP contribution in [-0.4, -0.2) is 40.0 Å². The Labute approximate surface area is 145 Å². The average molecular weight is 340 g/mol. The molecule has 0 radical (unpaired) electrons. The molecule has 25 heavy (non-hydrogen) atoms. The number of phenolic OH excluding ortho intramolecular Hbond substituents is 2. The fourth-order valence-corrected chi connectivity index (χ4v) is 2.95. The predicted octanol–water partition coefficient (Wildman–Crippen LogP) is 1.88. The number of carbonyl (C=O) groups is 2. The monoisotopic (exact) mass is 340 g/mol. The molecule has 2 aromatic rings. The third-order valence-electron chi connectivity index (χ3n) is 4.39. The Morgan fingerprint density at radius 1 is 1.12 bits per heavy atom. The van der Waals surface area contributed by atoms with Crippen LogP contribution in [0.2, 0.25) is 0 Å². The van der Waals surface area contributed by atoms with Gasteiger partial charge in [-0.3, -0.25) is 9.59 Å². The van der Waals surface area contributed by atoms with Crippen LogP contribution in [-0.2, 0) is 11.3 Å². The van der Waals surface area contributed by atoms with E-state index in [0.29, 0.717) is 30.6 Å². The van der Waals surface area contributed by atoms with Crippen LogP contribution in [0.25, 0.3) is 0 Å². The number of hydrogen-bond acceptors (Lipinski definition) is 4. The van der Waals surface area contributed by atoms with E-state index in [0.717, 1.165) is 0 Å². The molecule has 3 N–H and O–H groups in total. The van der Waals surface area contributed by atoms with E-state index in [1.54, 1.807) is 23.1 Å². The normalized spacial score (nSPS) is 16.6. The van der Waals surface area contributed by atoms with Gasteiger partial charge in [0.2, 0.25) is 5.91 Å². The summed E-state index contributed by atoms with van der Waals surface area (Å²) in [5, 5.41) is 21.8. The highest BCUT2D eigenvalue weighted by atomic mass is 16.3. The maximum atomic E-state index is 12.4. The van der Waals surface area contributed by atoms with Gasteiger partial charge in [-0.1, -0.05) is 18.2 Å². The van der Waals surface area contributed by atoms with Gasteiger partial charge in [0.25, 0.3) is 5.91 Å². The van der Waals surface area contributed by atoms with E-state index in [1.165, 1.54) is 12.1 Å². The van der Waals surface area contributed by atoms with Gasteiger partial charge in [-0.05, 0) is 30.7 Å². The zero-order valence-corrected chi connectivity index (χ0v) is 13.7. The van der Waals surface area contributed by atoms with Crippen LogP contribution in [0, 0.1) is 5.92 Å². The third kappa shape index (κ3) is 3.91. The Morgan fingerprint density at radius 2 is 1.88 bits per heavy atom. The second kappa shape index (κ2) is 7.25. The topological polar surface area (TPSA) is 89.9 Å². The minimum Gasteiger partial charge on any atom is -0.508 e. The minimum atomic E-state index is -0.257. The number of benzene rings is 2. The Bertz CT molecular complexity index is 776. The van der Waals surface area contributed by atoms with Crippen LogP contribution in [0.4, 0.5) is 0 Å². The lowest BCUT2D eigenvalue weighted by Crippen LogP contribution is -2.34. The van der Waals surface area contributed by atoms with E-state index in [-0.39, 0.29) is 35.8 Å². The number of carbonyl (C=O) groups excluding carboxylic acids is 2. The van der Waals surface area contributed by atoms with Crippen LogP contribution in [0.3, 0.4) is 0 Å². The molecular weight excluding hydrogens is 320 g/mol. The molecule has 1 aliphatic rings. The van der Waals surface area contributed by atoms with Crippen molar-refractivity contribution in [2.45, 2.75) is 13.0 Å². The van der Waals surface area contributed by atoms with Crippen molar-refractivity contribution < 1.29 is 19.8 Å². The molecule has 2 aromatic carbocycles. The Hall–Kier alpha value is -3.02. The molecule has 0 bridgehead atoms. The smallest absolute Gasteiger partial charge is 0.253 e. The Balaban J connectivity index is 1.55. The average Bonchev–Trinajstić information content (AvgIpc) is 3.11. The van der Waals surface area contributed by atoms with E-state index in [4.69, 9.17) is 0 Å². The molecule has 3 rings (SSSR count). The van der Waals surface area contributed by atoms with Crippen LogP contribution < -0.4 is 5.32 Å². The molecular formula is C19H20N2O4. The van der Waals surface area contributed by atoms with Crippen LogP contribution in [0.5, 0.6) is 11.5 Å². The van der Waals surface area contributed by atoms with E-state index in [1.807, 2.05) is 18.2 Å². The molecule has 0 spiro atoms. The molecule has 1 atom stereocenters. The third-order valence-corrected chi connectivity index (χ3v) is 4.39. The van der Waals surface area contributed by atoms with E-state index in [2.05, 4.69) is 5.32 Å². The van der Waals surface area contributed by atoms with Crippen molar-refractivity contribution >= 4 is 11.8 Å². The zero-order valence-electron chi connectivity index (χ0n) is 13.7. The van der Waals surface area contributed by atoms with Crippen molar-refractivity contribution in [3.8, 4) is 11.5 Å². The summed E-state index contributed by atoms with van der Waals surface area (Å²) < 4.78 is 0. The number of hydrogen-bond donors (Lipinski definition) is 3. The lowest BCUT2D eigenvalue weighted by molar-refractivity contribution is -0.124. The summed E-state index contributed by atoms with van der Waals surface area (Å²) in [6, 6.07) is 13.3. The van der Waals surface area contributed by atoms with E-state index >= 15 is 0 Å². The summed E-state index contributed by atoms with van der Waals surface area (Å²) in [5.41, 5.74) is 1.15. The number of rotatable bonds is 4. The van der Waals surface area contributed by atoms with Crippen LogP contribution in [0.1, 0.15) is 22.3 Å². The fourth-order valence-electron chi connectivity index (χ4n) is 2.95. The number of amides is 2. The number of nitrogens with zero attached hydrogens (tertiary/aromatic N) is 1. The number of likely N-dealkylation sites (tertiary alicyclic amines) is 1. The van der Waals surface area contributed by atoms with Gasteiger partial charge in [-0.2, -0.15) is 0 Å². The van der Waals surface area contributed by atoms with Crippen molar-refractivity contribution in [3.05, 3.63) is 59.7 Å². The molecule has 6 heteroatoms. The second-order valence-corrected chi connectivity index (χ2v) is 6.13. The van der Waals surface area contributed by atoms with Gasteiger partial charge in [-0.25, -0.2) is 0 Å². The summed E-state index contributed by atoms with van der Waals surface area (Å²) in [5.74, 6) is -0.555. The Morgan fingerprint density at radius 3 is 2.60 bits per heavy atom. The van der Waals surface area contributed by atoms with Gasteiger partial charge < -0.3 is 20.4 Å². The summed E-state index contributed by atoms with van der Waals surface area (Å²) >= 11 is 0. The predicted molar refractivity (Wildman–Crippen MR) is 92.1 cm³/mol. The van der Waals surface area contributed by atoms with Gasteiger partial charge in [0.05, 0.1) is 5.92 Å².